The second-order valence-electron chi connectivity index (χ2n) is 5.84. The highest BCUT2D eigenvalue weighted by Gasteiger charge is 2.22. The molecule has 1 heterocycles. The van der Waals surface area contributed by atoms with Gasteiger partial charge in [0, 0.05) is 10.0 Å². The Morgan fingerprint density at radius 2 is 1.96 bits per heavy atom. The smallest absolute Gasteiger partial charge is 0.251 e. The van der Waals surface area contributed by atoms with Crippen LogP contribution in [0.25, 0.3) is 11.0 Å². The number of hydrogen-bond acceptors (Lipinski definition) is 2. The van der Waals surface area contributed by atoms with Gasteiger partial charge < -0.3 is 10.3 Å². The van der Waals surface area contributed by atoms with Gasteiger partial charge in [-0.25, -0.2) is 4.98 Å². The molecule has 0 bridgehead atoms. The zero-order valence-corrected chi connectivity index (χ0v) is 14.6. The monoisotopic (exact) mass is 371 g/mol. The molecule has 5 heteroatoms. The second kappa shape index (κ2) is 6.54. The number of halogens is 1. The lowest BCUT2D eigenvalue weighted by molar-refractivity contribution is 0.0923. The maximum absolute atomic E-state index is 12.5. The first-order valence-electron chi connectivity index (χ1n) is 7.55. The lowest BCUT2D eigenvalue weighted by atomic mass is 10.0. The Labute approximate surface area is 143 Å². The Morgan fingerprint density at radius 3 is 2.65 bits per heavy atom. The van der Waals surface area contributed by atoms with Crippen LogP contribution in [0.1, 0.15) is 36.1 Å². The minimum absolute atomic E-state index is 0.106. The molecule has 1 aromatic heterocycles. The van der Waals surface area contributed by atoms with E-state index in [4.69, 9.17) is 0 Å². The molecule has 1 atom stereocenters. The van der Waals surface area contributed by atoms with Gasteiger partial charge in [0.15, 0.2) is 0 Å². The van der Waals surface area contributed by atoms with E-state index >= 15 is 0 Å². The third kappa shape index (κ3) is 3.45. The molecule has 2 aromatic carbocycles. The Morgan fingerprint density at radius 1 is 1.17 bits per heavy atom. The number of nitrogens with zero attached hydrogens (tertiary/aromatic N) is 1. The van der Waals surface area contributed by atoms with Gasteiger partial charge in [0.1, 0.15) is 5.82 Å². The Hall–Kier alpha value is -2.14. The second-order valence-corrected chi connectivity index (χ2v) is 6.76. The van der Waals surface area contributed by atoms with Crippen molar-refractivity contribution in [3.05, 3.63) is 64.4 Å². The topological polar surface area (TPSA) is 57.8 Å². The Bertz CT molecular complexity index is 808. The molecule has 0 aliphatic heterocycles. The molecule has 1 unspecified atom stereocenters. The van der Waals surface area contributed by atoms with E-state index in [1.54, 1.807) is 6.07 Å². The molecule has 23 heavy (non-hydrogen) atoms. The van der Waals surface area contributed by atoms with Crippen molar-refractivity contribution in [2.45, 2.75) is 19.9 Å². The van der Waals surface area contributed by atoms with Gasteiger partial charge in [-0.15, -0.1) is 0 Å². The maximum Gasteiger partial charge on any atom is 0.251 e. The van der Waals surface area contributed by atoms with Crippen molar-refractivity contribution in [1.29, 1.82) is 0 Å². The van der Waals surface area contributed by atoms with Crippen LogP contribution >= 0.6 is 15.9 Å². The molecular formula is C18H18BrN3O. The van der Waals surface area contributed by atoms with Crippen molar-refractivity contribution in [1.82, 2.24) is 15.3 Å². The number of rotatable bonds is 4. The molecular weight excluding hydrogens is 354 g/mol. The van der Waals surface area contributed by atoms with Crippen LogP contribution in [-0.4, -0.2) is 15.9 Å². The van der Waals surface area contributed by atoms with Gasteiger partial charge >= 0.3 is 0 Å². The van der Waals surface area contributed by atoms with Crippen LogP contribution in [0.2, 0.25) is 0 Å². The van der Waals surface area contributed by atoms with Gasteiger partial charge in [0.2, 0.25) is 0 Å². The molecule has 0 aliphatic rings. The number of nitrogens with one attached hydrogen (secondary N) is 2. The summed E-state index contributed by atoms with van der Waals surface area (Å²) in [5, 5.41) is 3.08. The van der Waals surface area contributed by atoms with Crippen molar-refractivity contribution in [3.8, 4) is 0 Å². The first-order chi connectivity index (χ1) is 11.0. The number of aromatic nitrogens is 2. The van der Waals surface area contributed by atoms with E-state index in [-0.39, 0.29) is 17.9 Å². The number of benzene rings is 2. The first kappa shape index (κ1) is 15.7. The number of aromatic amines is 1. The third-order valence-electron chi connectivity index (χ3n) is 3.74. The van der Waals surface area contributed by atoms with E-state index in [9.17, 15) is 4.79 Å². The summed E-state index contributed by atoms with van der Waals surface area (Å²) >= 11 is 3.40. The molecule has 2 N–H and O–H groups in total. The molecule has 0 aliphatic carbocycles. The summed E-state index contributed by atoms with van der Waals surface area (Å²) in [4.78, 5) is 20.5. The summed E-state index contributed by atoms with van der Waals surface area (Å²) in [7, 11) is 0. The number of imidazole rings is 1. The summed E-state index contributed by atoms with van der Waals surface area (Å²) < 4.78 is 0.884. The number of para-hydroxylation sites is 2. The number of hydrogen-bond donors (Lipinski definition) is 2. The number of carbonyl (C=O) groups is 1. The molecule has 118 valence electrons. The highest BCUT2D eigenvalue weighted by atomic mass is 79.9. The fraction of sp³-hybridized carbons (Fsp3) is 0.222. The van der Waals surface area contributed by atoms with Gasteiger partial charge in [-0.2, -0.15) is 0 Å². The number of carbonyl (C=O) groups excluding carboxylic acids is 1. The Balaban J connectivity index is 1.88. The van der Waals surface area contributed by atoms with E-state index in [1.807, 2.05) is 42.5 Å². The largest absolute Gasteiger partial charge is 0.342 e. The standard InChI is InChI=1S/C18H18BrN3O/c1-11(2)16(17-20-14-8-3-4-9-15(14)21-17)22-18(23)12-6-5-7-13(19)10-12/h3-11,16H,1-2H3,(H,20,21)(H,22,23). The molecule has 0 radical (unpaired) electrons. The van der Waals surface area contributed by atoms with Crippen LogP contribution in [0.4, 0.5) is 0 Å². The van der Waals surface area contributed by atoms with E-state index in [0.29, 0.717) is 5.56 Å². The Kier molecular flexibility index (Phi) is 4.48. The number of fused-ring (bicyclic) bond motifs is 1. The van der Waals surface area contributed by atoms with E-state index < -0.39 is 0 Å². The first-order valence-corrected chi connectivity index (χ1v) is 8.35. The van der Waals surface area contributed by atoms with Crippen LogP contribution in [0.5, 0.6) is 0 Å². The summed E-state index contributed by atoms with van der Waals surface area (Å²) in [6, 6.07) is 15.1. The highest BCUT2D eigenvalue weighted by molar-refractivity contribution is 9.10. The maximum atomic E-state index is 12.5. The van der Waals surface area contributed by atoms with Gasteiger partial charge in [0.05, 0.1) is 17.1 Å². The minimum atomic E-state index is -0.172. The molecule has 3 rings (SSSR count). The summed E-state index contributed by atoms with van der Waals surface area (Å²) in [6.07, 6.45) is 0. The normalized spacial score (nSPS) is 12.5. The zero-order chi connectivity index (χ0) is 16.4. The molecule has 0 saturated heterocycles. The van der Waals surface area contributed by atoms with Crippen molar-refractivity contribution < 1.29 is 4.79 Å². The van der Waals surface area contributed by atoms with Gasteiger partial charge in [0.25, 0.3) is 5.91 Å². The predicted molar refractivity (Wildman–Crippen MR) is 95.3 cm³/mol. The molecule has 1 amide bonds. The van der Waals surface area contributed by atoms with Gasteiger partial charge in [-0.1, -0.05) is 48.0 Å². The molecule has 3 aromatic rings. The van der Waals surface area contributed by atoms with Crippen LogP contribution in [0, 0.1) is 5.92 Å². The molecule has 0 saturated carbocycles. The van der Waals surface area contributed by atoms with Gasteiger partial charge in [-0.05, 0) is 36.2 Å². The average molecular weight is 372 g/mol. The van der Waals surface area contributed by atoms with E-state index in [0.717, 1.165) is 21.3 Å². The highest BCUT2D eigenvalue weighted by Crippen LogP contribution is 2.23. The molecule has 0 spiro atoms. The average Bonchev–Trinajstić information content (AvgIpc) is 2.95. The summed E-state index contributed by atoms with van der Waals surface area (Å²) in [6.45, 7) is 4.14. The minimum Gasteiger partial charge on any atom is -0.342 e. The zero-order valence-electron chi connectivity index (χ0n) is 13.0. The van der Waals surface area contributed by atoms with E-state index in [1.165, 1.54) is 0 Å². The SMILES string of the molecule is CC(C)C(NC(=O)c1cccc(Br)c1)c1nc2ccccc2[nH]1. The summed E-state index contributed by atoms with van der Waals surface area (Å²) in [5.74, 6) is 0.890. The van der Waals surface area contributed by atoms with Crippen molar-refractivity contribution >= 4 is 32.9 Å². The van der Waals surface area contributed by atoms with Crippen LogP contribution < -0.4 is 5.32 Å². The lowest BCUT2D eigenvalue weighted by Gasteiger charge is -2.20. The lowest BCUT2D eigenvalue weighted by Crippen LogP contribution is -2.32. The van der Waals surface area contributed by atoms with Gasteiger partial charge in [-0.3, -0.25) is 4.79 Å². The fourth-order valence-corrected chi connectivity index (χ4v) is 2.92. The number of H-pyrrole nitrogens is 1. The van der Waals surface area contributed by atoms with Crippen LogP contribution in [0.15, 0.2) is 53.0 Å². The molecule has 4 nitrogen and oxygen atoms in total. The fourth-order valence-electron chi connectivity index (χ4n) is 2.52. The van der Waals surface area contributed by atoms with Crippen molar-refractivity contribution in [3.63, 3.8) is 0 Å². The van der Waals surface area contributed by atoms with Crippen LogP contribution in [-0.2, 0) is 0 Å². The third-order valence-corrected chi connectivity index (χ3v) is 4.24. The van der Waals surface area contributed by atoms with Crippen molar-refractivity contribution in [2.75, 3.05) is 0 Å². The molecule has 0 fully saturated rings. The van der Waals surface area contributed by atoms with E-state index in [2.05, 4.69) is 45.1 Å². The summed E-state index contributed by atoms with van der Waals surface area (Å²) in [5.41, 5.74) is 2.51. The van der Waals surface area contributed by atoms with Crippen molar-refractivity contribution in [2.24, 2.45) is 5.92 Å². The predicted octanol–water partition coefficient (Wildman–Crippen LogP) is 4.45. The number of amides is 1. The quantitative estimate of drug-likeness (QED) is 0.711. The van der Waals surface area contributed by atoms with Crippen LogP contribution in [0.3, 0.4) is 0 Å².